The molecule has 0 aromatic carbocycles. The van der Waals surface area contributed by atoms with Gasteiger partial charge in [0.15, 0.2) is 6.10 Å². The van der Waals surface area contributed by atoms with Gasteiger partial charge in [0.25, 0.3) is 0 Å². The van der Waals surface area contributed by atoms with Crippen LogP contribution in [0.25, 0.3) is 0 Å². The molecule has 0 aliphatic carbocycles. The number of ether oxygens (including phenoxy) is 3. The first-order valence-corrected chi connectivity index (χ1v) is 36.1. The zero-order chi connectivity index (χ0) is 58.5. The van der Waals surface area contributed by atoms with Crippen LogP contribution in [-0.2, 0) is 28.6 Å². The maximum atomic E-state index is 13.0. The molecule has 0 saturated carbocycles. The Hall–Kier alpha value is -2.63. The molecular formula is C75H138O6. The smallest absolute Gasteiger partial charge is 0.306 e. The summed E-state index contributed by atoms with van der Waals surface area (Å²) in [4.78, 5) is 38.5. The molecule has 0 aromatic rings. The van der Waals surface area contributed by atoms with Crippen molar-refractivity contribution >= 4 is 17.9 Å². The third-order valence-corrected chi connectivity index (χ3v) is 16.3. The number of carbonyl (C=O) groups is 3. The number of hydrogen-bond donors (Lipinski definition) is 0. The summed E-state index contributed by atoms with van der Waals surface area (Å²) in [5.41, 5.74) is 0. The lowest BCUT2D eigenvalue weighted by atomic mass is 10.0. The van der Waals surface area contributed by atoms with E-state index in [9.17, 15) is 14.4 Å². The fraction of sp³-hybridized carbons (Fsp3) is 0.853. The monoisotopic (exact) mass is 1140 g/mol. The van der Waals surface area contributed by atoms with Gasteiger partial charge in [0.05, 0.1) is 0 Å². The lowest BCUT2D eigenvalue weighted by molar-refractivity contribution is -0.167. The molecule has 0 bridgehead atoms. The highest BCUT2D eigenvalue weighted by Gasteiger charge is 2.19. The molecule has 0 saturated heterocycles. The topological polar surface area (TPSA) is 78.9 Å². The molecule has 0 radical (unpaired) electrons. The normalized spacial score (nSPS) is 12.3. The summed E-state index contributed by atoms with van der Waals surface area (Å²) in [6.07, 6.45) is 88.5. The standard InChI is InChI=1S/C75H138O6/c1-4-7-10-13-16-19-22-25-28-30-32-34-36-37-39-40-42-44-47-50-53-56-59-62-65-68-74(77)80-71-72(70-79-73(76)67-64-61-58-55-52-49-46-27-24-21-18-15-12-9-6-3)81-75(78)69-66-63-60-57-54-51-48-45-43-41-38-35-33-31-29-26-23-20-17-14-11-8-5-2/h23,26,30-33,38,41,72H,4-22,24-25,27-29,34-37,39-40,42-71H2,1-3H3/b26-23-,32-30-,33-31-,41-38-. The van der Waals surface area contributed by atoms with Crippen LogP contribution in [0.2, 0.25) is 0 Å². The molecule has 6 heteroatoms. The summed E-state index contributed by atoms with van der Waals surface area (Å²) in [5, 5.41) is 0. The van der Waals surface area contributed by atoms with E-state index in [1.54, 1.807) is 0 Å². The molecule has 0 aliphatic heterocycles. The highest BCUT2D eigenvalue weighted by molar-refractivity contribution is 5.71. The van der Waals surface area contributed by atoms with Crippen LogP contribution in [-0.4, -0.2) is 37.2 Å². The molecule has 0 N–H and O–H groups in total. The largest absolute Gasteiger partial charge is 0.462 e. The Morgan fingerprint density at radius 2 is 0.444 bits per heavy atom. The first-order valence-electron chi connectivity index (χ1n) is 36.1. The number of hydrogen-bond acceptors (Lipinski definition) is 6. The molecule has 0 aliphatic rings. The average molecular weight is 1140 g/mol. The fourth-order valence-electron chi connectivity index (χ4n) is 10.9. The van der Waals surface area contributed by atoms with E-state index in [0.29, 0.717) is 19.3 Å². The molecule has 0 spiro atoms. The number of rotatable bonds is 67. The highest BCUT2D eigenvalue weighted by atomic mass is 16.6. The van der Waals surface area contributed by atoms with Crippen molar-refractivity contribution in [2.45, 2.75) is 399 Å². The lowest BCUT2D eigenvalue weighted by Gasteiger charge is -2.18. The Morgan fingerprint density at radius 1 is 0.247 bits per heavy atom. The molecule has 0 fully saturated rings. The van der Waals surface area contributed by atoms with E-state index in [4.69, 9.17) is 14.2 Å². The second kappa shape index (κ2) is 69.9. The molecule has 81 heavy (non-hydrogen) atoms. The van der Waals surface area contributed by atoms with Gasteiger partial charge in [-0.3, -0.25) is 14.4 Å². The van der Waals surface area contributed by atoms with E-state index in [1.807, 2.05) is 0 Å². The van der Waals surface area contributed by atoms with Crippen molar-refractivity contribution in [2.75, 3.05) is 13.2 Å². The van der Waals surface area contributed by atoms with Crippen molar-refractivity contribution in [1.82, 2.24) is 0 Å². The van der Waals surface area contributed by atoms with Gasteiger partial charge in [-0.2, -0.15) is 0 Å². The molecule has 474 valence electrons. The van der Waals surface area contributed by atoms with Gasteiger partial charge in [-0.25, -0.2) is 0 Å². The first-order chi connectivity index (χ1) is 40.0. The van der Waals surface area contributed by atoms with Crippen LogP contribution in [0.5, 0.6) is 0 Å². The van der Waals surface area contributed by atoms with Crippen molar-refractivity contribution in [3.63, 3.8) is 0 Å². The van der Waals surface area contributed by atoms with Crippen LogP contribution in [0.3, 0.4) is 0 Å². The Bertz CT molecular complexity index is 1400. The first kappa shape index (κ1) is 78.4. The van der Waals surface area contributed by atoms with E-state index in [1.165, 1.54) is 276 Å². The van der Waals surface area contributed by atoms with E-state index in [2.05, 4.69) is 69.4 Å². The van der Waals surface area contributed by atoms with Crippen LogP contribution in [0, 0.1) is 0 Å². The Morgan fingerprint density at radius 3 is 0.704 bits per heavy atom. The van der Waals surface area contributed by atoms with Crippen LogP contribution in [0.15, 0.2) is 48.6 Å². The minimum atomic E-state index is -0.777. The molecule has 1 unspecified atom stereocenters. The van der Waals surface area contributed by atoms with Gasteiger partial charge in [-0.1, -0.05) is 339 Å². The van der Waals surface area contributed by atoms with Gasteiger partial charge in [0.1, 0.15) is 13.2 Å². The SMILES string of the molecule is CCCCCCC/C=C\C/C=C\C/C=C\CCCCCCCCCCC(=O)OC(COC(=O)CCCCCCCCCCCCCCC/C=C\CCCCCCCCCC)COC(=O)CCCCCCCCCCCCCCCCC. The van der Waals surface area contributed by atoms with E-state index < -0.39 is 6.10 Å². The van der Waals surface area contributed by atoms with Gasteiger partial charge < -0.3 is 14.2 Å². The third-order valence-electron chi connectivity index (χ3n) is 16.3. The van der Waals surface area contributed by atoms with Crippen molar-refractivity contribution in [3.05, 3.63) is 48.6 Å². The Balaban J connectivity index is 4.29. The zero-order valence-corrected chi connectivity index (χ0v) is 54.6. The molecule has 0 aromatic heterocycles. The molecular weight excluding hydrogens is 997 g/mol. The summed E-state index contributed by atoms with van der Waals surface area (Å²) in [5.74, 6) is -0.851. The van der Waals surface area contributed by atoms with Gasteiger partial charge in [0, 0.05) is 19.3 Å². The molecule has 0 heterocycles. The van der Waals surface area contributed by atoms with E-state index in [-0.39, 0.29) is 31.1 Å². The molecule has 0 amide bonds. The van der Waals surface area contributed by atoms with Gasteiger partial charge >= 0.3 is 17.9 Å². The summed E-state index contributed by atoms with van der Waals surface area (Å²) >= 11 is 0. The summed E-state index contributed by atoms with van der Waals surface area (Å²) in [6, 6.07) is 0. The predicted octanol–water partition coefficient (Wildman–Crippen LogP) is 24.9. The summed E-state index contributed by atoms with van der Waals surface area (Å²) in [7, 11) is 0. The lowest BCUT2D eigenvalue weighted by Crippen LogP contribution is -2.30. The maximum absolute atomic E-state index is 13.0. The van der Waals surface area contributed by atoms with Gasteiger partial charge in [-0.15, -0.1) is 0 Å². The van der Waals surface area contributed by atoms with Gasteiger partial charge in [-0.05, 0) is 83.5 Å². The van der Waals surface area contributed by atoms with Crippen molar-refractivity contribution in [1.29, 1.82) is 0 Å². The second-order valence-electron chi connectivity index (χ2n) is 24.5. The van der Waals surface area contributed by atoms with Crippen LogP contribution in [0.4, 0.5) is 0 Å². The molecule has 1 atom stereocenters. The molecule has 0 rings (SSSR count). The maximum Gasteiger partial charge on any atom is 0.306 e. The Labute approximate surface area is 505 Å². The number of unbranched alkanes of at least 4 members (excludes halogenated alkanes) is 48. The van der Waals surface area contributed by atoms with Crippen LogP contribution < -0.4 is 0 Å². The number of carbonyl (C=O) groups excluding carboxylic acids is 3. The van der Waals surface area contributed by atoms with Crippen molar-refractivity contribution in [2.24, 2.45) is 0 Å². The predicted molar refractivity (Wildman–Crippen MR) is 353 cm³/mol. The second-order valence-corrected chi connectivity index (χ2v) is 24.5. The van der Waals surface area contributed by atoms with Crippen LogP contribution >= 0.6 is 0 Å². The summed E-state index contributed by atoms with van der Waals surface area (Å²) < 4.78 is 17.0. The molecule has 6 nitrogen and oxygen atoms in total. The van der Waals surface area contributed by atoms with Crippen LogP contribution in [0.1, 0.15) is 393 Å². The number of allylic oxidation sites excluding steroid dienone is 8. The Kier molecular flexibility index (Phi) is 67.6. The number of esters is 3. The van der Waals surface area contributed by atoms with Crippen molar-refractivity contribution in [3.8, 4) is 0 Å². The average Bonchev–Trinajstić information content (AvgIpc) is 3.47. The summed E-state index contributed by atoms with van der Waals surface area (Å²) in [6.45, 7) is 6.69. The third kappa shape index (κ3) is 68.0. The minimum absolute atomic E-state index is 0.0715. The van der Waals surface area contributed by atoms with Crippen molar-refractivity contribution < 1.29 is 28.6 Å². The highest BCUT2D eigenvalue weighted by Crippen LogP contribution is 2.18. The fourth-order valence-corrected chi connectivity index (χ4v) is 10.9. The quantitative estimate of drug-likeness (QED) is 0.0261. The van der Waals surface area contributed by atoms with Gasteiger partial charge in [0.2, 0.25) is 0 Å². The zero-order valence-electron chi connectivity index (χ0n) is 54.6. The minimum Gasteiger partial charge on any atom is -0.462 e. The van der Waals surface area contributed by atoms with E-state index >= 15 is 0 Å². The van der Waals surface area contributed by atoms with E-state index in [0.717, 1.165) is 77.0 Å².